The summed E-state index contributed by atoms with van der Waals surface area (Å²) in [7, 11) is 0. The van der Waals surface area contributed by atoms with Crippen molar-refractivity contribution in [2.24, 2.45) is 11.8 Å². The molecular formula is C12H14BrCl. The van der Waals surface area contributed by atoms with Crippen LogP contribution in [0.1, 0.15) is 19.3 Å². The summed E-state index contributed by atoms with van der Waals surface area (Å²) >= 11 is 9.62. The van der Waals surface area contributed by atoms with Crippen LogP contribution in [0.2, 0.25) is 0 Å². The zero-order valence-corrected chi connectivity index (χ0v) is 10.4. The minimum absolute atomic E-state index is 0.650. The Balaban J connectivity index is 2.08. The molecule has 0 radical (unpaired) electrons. The van der Waals surface area contributed by atoms with Crippen molar-refractivity contribution < 1.29 is 0 Å². The van der Waals surface area contributed by atoms with E-state index in [0.717, 1.165) is 22.7 Å². The van der Waals surface area contributed by atoms with Crippen LogP contribution < -0.4 is 0 Å². The number of hydrogen-bond donors (Lipinski definition) is 0. The lowest BCUT2D eigenvalue weighted by Gasteiger charge is -2.38. The number of allylic oxidation sites excluding steroid dienone is 5. The number of alkyl halides is 1. The molecule has 2 heteroatoms. The van der Waals surface area contributed by atoms with Gasteiger partial charge in [0.15, 0.2) is 0 Å². The first-order valence-electron chi connectivity index (χ1n) is 4.98. The Morgan fingerprint density at radius 1 is 1.36 bits per heavy atom. The summed E-state index contributed by atoms with van der Waals surface area (Å²) in [4.78, 5) is 0. The molecule has 1 fully saturated rings. The lowest BCUT2D eigenvalue weighted by molar-refractivity contribution is 0.305. The van der Waals surface area contributed by atoms with Crippen molar-refractivity contribution in [3.05, 3.63) is 34.9 Å². The van der Waals surface area contributed by atoms with Crippen LogP contribution in [0.15, 0.2) is 34.9 Å². The lowest BCUT2D eigenvalue weighted by Crippen LogP contribution is -2.27. The van der Waals surface area contributed by atoms with Gasteiger partial charge in [0.05, 0.1) is 0 Å². The van der Waals surface area contributed by atoms with E-state index in [-0.39, 0.29) is 0 Å². The van der Waals surface area contributed by atoms with Crippen molar-refractivity contribution in [1.29, 1.82) is 0 Å². The van der Waals surface area contributed by atoms with E-state index in [4.69, 9.17) is 11.6 Å². The van der Waals surface area contributed by atoms with Gasteiger partial charge in [-0.15, -0.1) is 0 Å². The van der Waals surface area contributed by atoms with E-state index in [1.807, 2.05) is 6.08 Å². The second kappa shape index (κ2) is 4.24. The highest BCUT2D eigenvalue weighted by molar-refractivity contribution is 9.09. The highest BCUT2D eigenvalue weighted by atomic mass is 79.9. The second-order valence-electron chi connectivity index (χ2n) is 4.22. The van der Waals surface area contributed by atoms with Gasteiger partial charge < -0.3 is 0 Å². The molecule has 0 heterocycles. The van der Waals surface area contributed by atoms with E-state index >= 15 is 0 Å². The molecular weight excluding hydrogens is 259 g/mol. The molecule has 14 heavy (non-hydrogen) atoms. The van der Waals surface area contributed by atoms with Crippen LogP contribution in [0.4, 0.5) is 0 Å². The lowest BCUT2D eigenvalue weighted by atomic mass is 9.68. The van der Waals surface area contributed by atoms with Crippen LogP contribution in [-0.4, -0.2) is 5.33 Å². The normalized spacial score (nSPS) is 28.1. The monoisotopic (exact) mass is 272 g/mol. The van der Waals surface area contributed by atoms with Gasteiger partial charge in [-0.05, 0) is 37.2 Å². The van der Waals surface area contributed by atoms with Gasteiger partial charge in [-0.2, -0.15) is 0 Å². The average Bonchev–Trinajstić information content (AvgIpc) is 2.13. The van der Waals surface area contributed by atoms with Crippen LogP contribution in [0.5, 0.6) is 0 Å². The fraction of sp³-hybridized carbons (Fsp3) is 0.500. The summed E-state index contributed by atoms with van der Waals surface area (Å²) in [6.45, 7) is 4.00. The van der Waals surface area contributed by atoms with Crippen molar-refractivity contribution in [3.63, 3.8) is 0 Å². The van der Waals surface area contributed by atoms with Gasteiger partial charge in [0.25, 0.3) is 0 Å². The average molecular weight is 274 g/mol. The van der Waals surface area contributed by atoms with Gasteiger partial charge in [0, 0.05) is 10.4 Å². The van der Waals surface area contributed by atoms with Gasteiger partial charge in [-0.1, -0.05) is 51.3 Å². The van der Waals surface area contributed by atoms with E-state index in [2.05, 4.69) is 28.6 Å². The molecule has 0 aromatic rings. The molecule has 2 rings (SSSR count). The minimum atomic E-state index is 0.650. The maximum absolute atomic E-state index is 6.07. The van der Waals surface area contributed by atoms with E-state index in [1.165, 1.54) is 24.0 Å². The second-order valence-corrected chi connectivity index (χ2v) is 5.26. The zero-order valence-electron chi connectivity index (χ0n) is 8.10. The smallest absolute Gasteiger partial charge is 0.0247 e. The molecule has 0 amide bonds. The van der Waals surface area contributed by atoms with Gasteiger partial charge in [0.1, 0.15) is 0 Å². The molecule has 0 nitrogen and oxygen atoms in total. The van der Waals surface area contributed by atoms with E-state index in [0.29, 0.717) is 5.92 Å². The van der Waals surface area contributed by atoms with Gasteiger partial charge in [-0.3, -0.25) is 0 Å². The van der Waals surface area contributed by atoms with Crippen LogP contribution in [0.25, 0.3) is 0 Å². The quantitative estimate of drug-likeness (QED) is 0.516. The molecule has 2 aliphatic carbocycles. The summed E-state index contributed by atoms with van der Waals surface area (Å²) < 4.78 is 0. The Hall–Kier alpha value is -0.0100. The first-order valence-corrected chi connectivity index (χ1v) is 6.48. The third-order valence-corrected chi connectivity index (χ3v) is 4.12. The summed E-state index contributed by atoms with van der Waals surface area (Å²) in [5, 5.41) is 1.97. The topological polar surface area (TPSA) is 0 Å². The van der Waals surface area contributed by atoms with Crippen LogP contribution in [0.3, 0.4) is 0 Å². The molecule has 0 bridgehead atoms. The SMILES string of the molecule is C=C1CC(C2CC(Cl)=CC=C2CBr)C1. The van der Waals surface area contributed by atoms with Gasteiger partial charge >= 0.3 is 0 Å². The van der Waals surface area contributed by atoms with Crippen molar-refractivity contribution in [2.45, 2.75) is 19.3 Å². The molecule has 0 spiro atoms. The van der Waals surface area contributed by atoms with E-state index in [1.54, 1.807) is 0 Å². The number of halogens is 2. The maximum atomic E-state index is 6.07. The molecule has 2 aliphatic rings. The Bertz CT molecular complexity index is 306. The van der Waals surface area contributed by atoms with Crippen molar-refractivity contribution in [2.75, 3.05) is 5.33 Å². The summed E-state index contributed by atoms with van der Waals surface area (Å²) in [6, 6.07) is 0. The number of hydrogen-bond acceptors (Lipinski definition) is 0. The molecule has 76 valence electrons. The third-order valence-electron chi connectivity index (χ3n) is 3.19. The molecule has 0 aliphatic heterocycles. The first-order chi connectivity index (χ1) is 6.70. The Kier molecular flexibility index (Phi) is 3.18. The summed E-state index contributed by atoms with van der Waals surface area (Å²) in [5.74, 6) is 1.44. The standard InChI is InChI=1S/C12H14BrCl/c1-8-4-10(5-8)12-6-11(14)3-2-9(12)7-13/h2-3,10,12H,1,4-7H2. The molecule has 0 saturated heterocycles. The summed E-state index contributed by atoms with van der Waals surface area (Å²) in [5.41, 5.74) is 2.89. The van der Waals surface area contributed by atoms with E-state index in [9.17, 15) is 0 Å². The summed E-state index contributed by atoms with van der Waals surface area (Å²) in [6.07, 6.45) is 7.61. The van der Waals surface area contributed by atoms with E-state index < -0.39 is 0 Å². The van der Waals surface area contributed by atoms with Gasteiger partial charge in [-0.25, -0.2) is 0 Å². The number of rotatable bonds is 2. The zero-order chi connectivity index (χ0) is 10.1. The van der Waals surface area contributed by atoms with Crippen molar-refractivity contribution in [3.8, 4) is 0 Å². The van der Waals surface area contributed by atoms with Crippen molar-refractivity contribution >= 4 is 27.5 Å². The minimum Gasteiger partial charge on any atom is -0.0998 e. The largest absolute Gasteiger partial charge is 0.0998 e. The first kappa shape index (κ1) is 10.5. The molecule has 1 saturated carbocycles. The molecule has 1 atom stereocenters. The maximum Gasteiger partial charge on any atom is 0.0247 e. The fourth-order valence-corrected chi connectivity index (χ4v) is 3.14. The molecule has 0 aromatic heterocycles. The predicted molar refractivity (Wildman–Crippen MR) is 65.8 cm³/mol. The fourth-order valence-electron chi connectivity index (χ4n) is 2.31. The molecule has 0 aromatic carbocycles. The van der Waals surface area contributed by atoms with Gasteiger partial charge in [0.2, 0.25) is 0 Å². The predicted octanol–water partition coefficient (Wildman–Crippen LogP) is 4.42. The van der Waals surface area contributed by atoms with Crippen LogP contribution in [-0.2, 0) is 0 Å². The highest BCUT2D eigenvalue weighted by Gasteiger charge is 2.32. The van der Waals surface area contributed by atoms with Crippen molar-refractivity contribution in [1.82, 2.24) is 0 Å². The molecule has 0 N–H and O–H groups in total. The Morgan fingerprint density at radius 3 is 2.64 bits per heavy atom. The van der Waals surface area contributed by atoms with Crippen LogP contribution in [0, 0.1) is 11.8 Å². The Morgan fingerprint density at radius 2 is 2.07 bits per heavy atom. The third kappa shape index (κ3) is 1.99. The highest BCUT2D eigenvalue weighted by Crippen LogP contribution is 2.45. The van der Waals surface area contributed by atoms with Crippen LogP contribution >= 0.6 is 27.5 Å². The molecule has 1 unspecified atom stereocenters. The Labute approximate surface area is 98.8 Å².